The molecular formula is C13H22N2S2. The molecule has 0 aromatic carbocycles. The first-order chi connectivity index (χ1) is 8.13. The second-order valence-electron chi connectivity index (χ2n) is 4.80. The summed E-state index contributed by atoms with van der Waals surface area (Å²) in [5, 5.41) is 0. The van der Waals surface area contributed by atoms with Crippen molar-refractivity contribution < 1.29 is 0 Å². The molecule has 1 aromatic heterocycles. The fourth-order valence-electron chi connectivity index (χ4n) is 2.59. The average molecular weight is 270 g/mol. The van der Waals surface area contributed by atoms with Gasteiger partial charge in [0.25, 0.3) is 0 Å². The number of hydrogen-bond donors (Lipinski definition) is 1. The molecule has 0 bridgehead atoms. The number of thiophene rings is 1. The zero-order valence-corrected chi connectivity index (χ0v) is 12.5. The maximum atomic E-state index is 6.01. The molecule has 1 aromatic rings. The molecule has 17 heavy (non-hydrogen) atoms. The lowest BCUT2D eigenvalue weighted by Crippen LogP contribution is -2.38. The first kappa shape index (κ1) is 13.4. The summed E-state index contributed by atoms with van der Waals surface area (Å²) >= 11 is 3.95. The molecule has 1 aliphatic heterocycles. The molecule has 2 rings (SSSR count). The Morgan fingerprint density at radius 1 is 1.53 bits per heavy atom. The number of likely N-dealkylation sites (N-methyl/N-ethyl adjacent to an activating group) is 1. The summed E-state index contributed by atoms with van der Waals surface area (Å²) in [5.41, 5.74) is 7.45. The minimum Gasteiger partial charge on any atom is -0.329 e. The van der Waals surface area contributed by atoms with E-state index < -0.39 is 0 Å². The van der Waals surface area contributed by atoms with Crippen LogP contribution in [0.4, 0.5) is 0 Å². The van der Waals surface area contributed by atoms with E-state index in [-0.39, 0.29) is 0 Å². The molecule has 96 valence electrons. The van der Waals surface area contributed by atoms with Crippen LogP contribution in [0.3, 0.4) is 0 Å². The normalized spacial score (nSPS) is 22.3. The number of rotatable bonds is 4. The van der Waals surface area contributed by atoms with Crippen LogP contribution in [0.25, 0.3) is 0 Å². The Bertz CT molecular complexity index is 369. The van der Waals surface area contributed by atoms with Crippen molar-refractivity contribution >= 4 is 23.1 Å². The zero-order valence-electron chi connectivity index (χ0n) is 10.9. The largest absolute Gasteiger partial charge is 0.329 e. The standard InChI is InChI=1S/C13H22N2S2/c1-9-6-12(10(2)17-9)13(7-14)15(3)11-4-5-16-8-11/h6,11,13H,4-5,7-8,14H2,1-3H3. The van der Waals surface area contributed by atoms with Crippen molar-refractivity contribution in [1.82, 2.24) is 4.90 Å². The van der Waals surface area contributed by atoms with Crippen LogP contribution >= 0.6 is 23.1 Å². The highest BCUT2D eigenvalue weighted by Gasteiger charge is 2.27. The minimum absolute atomic E-state index is 0.392. The third kappa shape index (κ3) is 2.87. The van der Waals surface area contributed by atoms with E-state index in [2.05, 4.69) is 43.6 Å². The third-order valence-electron chi connectivity index (χ3n) is 3.63. The molecule has 2 N–H and O–H groups in total. The molecule has 1 aliphatic rings. The van der Waals surface area contributed by atoms with Gasteiger partial charge in [0, 0.05) is 34.1 Å². The lowest BCUT2D eigenvalue weighted by Gasteiger charge is -2.32. The number of hydrogen-bond acceptors (Lipinski definition) is 4. The SMILES string of the molecule is Cc1cc(C(CN)N(C)C2CCSC2)c(C)s1. The molecule has 2 atom stereocenters. The van der Waals surface area contributed by atoms with Crippen LogP contribution < -0.4 is 5.73 Å². The Balaban J connectivity index is 2.17. The summed E-state index contributed by atoms with van der Waals surface area (Å²) in [5.74, 6) is 2.56. The second-order valence-corrected chi connectivity index (χ2v) is 7.41. The van der Waals surface area contributed by atoms with Gasteiger partial charge in [-0.1, -0.05) is 0 Å². The molecule has 2 heterocycles. The predicted molar refractivity (Wildman–Crippen MR) is 79.1 cm³/mol. The maximum Gasteiger partial charge on any atom is 0.0481 e. The summed E-state index contributed by atoms with van der Waals surface area (Å²) in [6.07, 6.45) is 1.31. The van der Waals surface area contributed by atoms with Gasteiger partial charge in [0.15, 0.2) is 0 Å². The third-order valence-corrected chi connectivity index (χ3v) is 5.76. The Morgan fingerprint density at radius 3 is 2.76 bits per heavy atom. The van der Waals surface area contributed by atoms with Crippen molar-refractivity contribution in [3.63, 3.8) is 0 Å². The lowest BCUT2D eigenvalue weighted by molar-refractivity contribution is 0.192. The van der Waals surface area contributed by atoms with Crippen molar-refractivity contribution in [3.8, 4) is 0 Å². The number of nitrogens with two attached hydrogens (primary N) is 1. The highest BCUT2D eigenvalue weighted by atomic mass is 32.2. The van der Waals surface area contributed by atoms with Crippen molar-refractivity contribution in [2.24, 2.45) is 5.73 Å². The lowest BCUT2D eigenvalue weighted by atomic mass is 10.0. The van der Waals surface area contributed by atoms with Gasteiger partial charge in [-0.15, -0.1) is 11.3 Å². The Hall–Kier alpha value is -0.0300. The molecule has 0 radical (unpaired) electrons. The summed E-state index contributed by atoms with van der Waals surface area (Å²) in [4.78, 5) is 5.31. The quantitative estimate of drug-likeness (QED) is 0.912. The fourth-order valence-corrected chi connectivity index (χ4v) is 4.85. The van der Waals surface area contributed by atoms with Gasteiger partial charge in [-0.25, -0.2) is 0 Å². The van der Waals surface area contributed by atoms with Gasteiger partial charge >= 0.3 is 0 Å². The summed E-state index contributed by atoms with van der Waals surface area (Å²) < 4.78 is 0. The van der Waals surface area contributed by atoms with Gasteiger partial charge in [-0.2, -0.15) is 11.8 Å². The topological polar surface area (TPSA) is 29.3 Å². The average Bonchev–Trinajstić information content (AvgIpc) is 2.90. The van der Waals surface area contributed by atoms with Crippen molar-refractivity contribution in [1.29, 1.82) is 0 Å². The monoisotopic (exact) mass is 270 g/mol. The molecular weight excluding hydrogens is 248 g/mol. The first-order valence-corrected chi connectivity index (χ1v) is 8.17. The van der Waals surface area contributed by atoms with Crippen molar-refractivity contribution in [3.05, 3.63) is 21.4 Å². The molecule has 0 saturated carbocycles. The smallest absolute Gasteiger partial charge is 0.0481 e. The van der Waals surface area contributed by atoms with Crippen LogP contribution in [0.1, 0.15) is 27.8 Å². The second kappa shape index (κ2) is 5.74. The van der Waals surface area contributed by atoms with Gasteiger partial charge in [-0.3, -0.25) is 4.90 Å². The Labute approximate surface area is 113 Å². The van der Waals surface area contributed by atoms with E-state index in [0.29, 0.717) is 18.6 Å². The highest BCUT2D eigenvalue weighted by Crippen LogP contribution is 2.32. The van der Waals surface area contributed by atoms with Gasteiger partial charge in [0.05, 0.1) is 0 Å². The summed E-state index contributed by atoms with van der Waals surface area (Å²) in [6.45, 7) is 5.11. The van der Waals surface area contributed by atoms with Gasteiger partial charge in [0.2, 0.25) is 0 Å². The molecule has 2 nitrogen and oxygen atoms in total. The molecule has 0 spiro atoms. The number of nitrogens with zero attached hydrogens (tertiary/aromatic N) is 1. The predicted octanol–water partition coefficient (Wildman–Crippen LogP) is 2.80. The molecule has 0 aliphatic carbocycles. The Kier molecular flexibility index (Phi) is 4.53. The van der Waals surface area contributed by atoms with E-state index in [0.717, 1.165) is 0 Å². The van der Waals surface area contributed by atoms with E-state index in [1.807, 2.05) is 11.3 Å². The van der Waals surface area contributed by atoms with E-state index >= 15 is 0 Å². The van der Waals surface area contributed by atoms with Crippen LogP contribution in [-0.2, 0) is 0 Å². The van der Waals surface area contributed by atoms with Crippen molar-refractivity contribution in [2.45, 2.75) is 32.4 Å². The van der Waals surface area contributed by atoms with E-state index in [1.54, 1.807) is 0 Å². The molecule has 1 saturated heterocycles. The van der Waals surface area contributed by atoms with Crippen LogP contribution in [0.2, 0.25) is 0 Å². The molecule has 4 heteroatoms. The van der Waals surface area contributed by atoms with Crippen LogP contribution in [0, 0.1) is 13.8 Å². The number of thioether (sulfide) groups is 1. The molecule has 0 amide bonds. The van der Waals surface area contributed by atoms with Gasteiger partial charge in [0.1, 0.15) is 0 Å². The van der Waals surface area contributed by atoms with Crippen LogP contribution in [0.15, 0.2) is 6.07 Å². The van der Waals surface area contributed by atoms with Crippen molar-refractivity contribution in [2.75, 3.05) is 25.1 Å². The Morgan fingerprint density at radius 2 is 2.29 bits per heavy atom. The van der Waals surface area contributed by atoms with Gasteiger partial charge < -0.3 is 5.73 Å². The fraction of sp³-hybridized carbons (Fsp3) is 0.692. The van der Waals surface area contributed by atoms with Crippen LogP contribution in [-0.4, -0.2) is 36.0 Å². The summed E-state index contributed by atoms with van der Waals surface area (Å²) in [7, 11) is 2.24. The number of aryl methyl sites for hydroxylation is 2. The van der Waals surface area contributed by atoms with E-state index in [9.17, 15) is 0 Å². The van der Waals surface area contributed by atoms with Crippen LogP contribution in [0.5, 0.6) is 0 Å². The highest BCUT2D eigenvalue weighted by molar-refractivity contribution is 7.99. The maximum absolute atomic E-state index is 6.01. The zero-order chi connectivity index (χ0) is 12.4. The minimum atomic E-state index is 0.392. The first-order valence-electron chi connectivity index (χ1n) is 6.20. The molecule has 1 fully saturated rings. The van der Waals surface area contributed by atoms with E-state index in [4.69, 9.17) is 5.73 Å². The van der Waals surface area contributed by atoms with E-state index in [1.165, 1.54) is 33.2 Å². The summed E-state index contributed by atoms with van der Waals surface area (Å²) in [6, 6.07) is 3.41. The molecule has 2 unspecified atom stereocenters. The van der Waals surface area contributed by atoms with Gasteiger partial charge in [-0.05, 0) is 44.7 Å².